The SMILES string of the molecule is Nc1cccnc1N1C(=O)Cc2ccccc2C1=O. The van der Waals surface area contributed by atoms with Crippen molar-refractivity contribution in [3.63, 3.8) is 0 Å². The lowest BCUT2D eigenvalue weighted by molar-refractivity contribution is -0.117. The van der Waals surface area contributed by atoms with Crippen molar-refractivity contribution in [3.8, 4) is 0 Å². The minimum absolute atomic E-state index is 0.178. The summed E-state index contributed by atoms with van der Waals surface area (Å²) >= 11 is 0. The van der Waals surface area contributed by atoms with Gasteiger partial charge in [0.25, 0.3) is 5.91 Å². The van der Waals surface area contributed by atoms with Crippen LogP contribution in [0.5, 0.6) is 0 Å². The molecule has 5 heteroatoms. The maximum atomic E-state index is 12.4. The third kappa shape index (κ3) is 1.76. The highest BCUT2D eigenvalue weighted by atomic mass is 16.2. The molecule has 2 aromatic rings. The van der Waals surface area contributed by atoms with E-state index in [4.69, 9.17) is 5.73 Å². The number of nitrogens with two attached hydrogens (primary N) is 1. The maximum Gasteiger partial charge on any atom is 0.266 e. The molecule has 1 aliphatic heterocycles. The second-order valence-electron chi connectivity index (χ2n) is 4.28. The van der Waals surface area contributed by atoms with Crippen molar-refractivity contribution in [1.82, 2.24) is 4.98 Å². The highest BCUT2D eigenvalue weighted by Crippen LogP contribution is 2.27. The molecule has 0 bridgehead atoms. The van der Waals surface area contributed by atoms with Gasteiger partial charge in [-0.25, -0.2) is 9.88 Å². The number of hydrogen-bond donors (Lipinski definition) is 1. The molecule has 2 N–H and O–H groups in total. The molecule has 1 aromatic heterocycles. The van der Waals surface area contributed by atoms with Crippen molar-refractivity contribution in [3.05, 3.63) is 53.7 Å². The Hall–Kier alpha value is -2.69. The van der Waals surface area contributed by atoms with Crippen LogP contribution in [0.2, 0.25) is 0 Å². The number of fused-ring (bicyclic) bond motifs is 1. The fraction of sp³-hybridized carbons (Fsp3) is 0.0714. The average molecular weight is 253 g/mol. The standard InChI is InChI=1S/C14H11N3O2/c15-11-6-3-7-16-13(11)17-12(18)8-9-4-1-2-5-10(9)14(17)19/h1-7H,8,15H2. The topological polar surface area (TPSA) is 76.3 Å². The Kier molecular flexibility index (Phi) is 2.52. The van der Waals surface area contributed by atoms with E-state index in [-0.39, 0.29) is 24.1 Å². The van der Waals surface area contributed by atoms with E-state index in [0.717, 1.165) is 10.5 Å². The van der Waals surface area contributed by atoms with Crippen LogP contribution < -0.4 is 10.6 Å². The molecule has 0 saturated heterocycles. The van der Waals surface area contributed by atoms with Crippen molar-refractivity contribution in [2.24, 2.45) is 0 Å². The summed E-state index contributed by atoms with van der Waals surface area (Å²) in [4.78, 5) is 29.6. The summed E-state index contributed by atoms with van der Waals surface area (Å²) in [5.41, 5.74) is 7.36. The van der Waals surface area contributed by atoms with Gasteiger partial charge in [0, 0.05) is 11.8 Å². The van der Waals surface area contributed by atoms with Crippen LogP contribution in [0, 0.1) is 0 Å². The Labute approximate surface area is 109 Å². The van der Waals surface area contributed by atoms with Gasteiger partial charge >= 0.3 is 0 Å². The summed E-state index contributed by atoms with van der Waals surface area (Å²) in [5, 5.41) is 0. The molecule has 2 amide bonds. The highest BCUT2D eigenvalue weighted by molar-refractivity contribution is 6.25. The number of rotatable bonds is 1. The number of anilines is 2. The smallest absolute Gasteiger partial charge is 0.266 e. The van der Waals surface area contributed by atoms with Gasteiger partial charge in [0.15, 0.2) is 5.82 Å². The van der Waals surface area contributed by atoms with Crippen LogP contribution in [0.15, 0.2) is 42.6 Å². The molecule has 0 radical (unpaired) electrons. The van der Waals surface area contributed by atoms with E-state index in [1.165, 1.54) is 6.20 Å². The van der Waals surface area contributed by atoms with Crippen molar-refractivity contribution in [2.75, 3.05) is 10.6 Å². The predicted octanol–water partition coefficient (Wildman–Crippen LogP) is 1.39. The van der Waals surface area contributed by atoms with E-state index in [2.05, 4.69) is 4.98 Å². The number of carbonyl (C=O) groups excluding carboxylic acids is 2. The molecule has 3 rings (SSSR count). The molecule has 1 aliphatic rings. The van der Waals surface area contributed by atoms with E-state index in [9.17, 15) is 9.59 Å². The molecular formula is C14H11N3O2. The van der Waals surface area contributed by atoms with E-state index in [0.29, 0.717) is 11.3 Å². The first-order chi connectivity index (χ1) is 9.18. The fourth-order valence-electron chi connectivity index (χ4n) is 2.17. The molecular weight excluding hydrogens is 242 g/mol. The summed E-state index contributed by atoms with van der Waals surface area (Å²) in [6.45, 7) is 0. The van der Waals surface area contributed by atoms with Gasteiger partial charge in [0.2, 0.25) is 5.91 Å². The Balaban J connectivity index is 2.12. The summed E-state index contributed by atoms with van der Waals surface area (Å²) < 4.78 is 0. The zero-order chi connectivity index (χ0) is 13.4. The quantitative estimate of drug-likeness (QED) is 0.779. The monoisotopic (exact) mass is 253 g/mol. The lowest BCUT2D eigenvalue weighted by Gasteiger charge is -2.26. The number of imide groups is 1. The molecule has 0 fully saturated rings. The number of nitrogens with zero attached hydrogens (tertiary/aromatic N) is 2. The number of hydrogen-bond acceptors (Lipinski definition) is 4. The van der Waals surface area contributed by atoms with Crippen molar-refractivity contribution in [2.45, 2.75) is 6.42 Å². The van der Waals surface area contributed by atoms with Crippen LogP contribution in [0.1, 0.15) is 15.9 Å². The summed E-state index contributed by atoms with van der Waals surface area (Å²) in [7, 11) is 0. The highest BCUT2D eigenvalue weighted by Gasteiger charge is 2.33. The molecule has 0 saturated carbocycles. The number of benzene rings is 1. The van der Waals surface area contributed by atoms with Gasteiger partial charge in [-0.2, -0.15) is 0 Å². The molecule has 5 nitrogen and oxygen atoms in total. The van der Waals surface area contributed by atoms with E-state index in [1.807, 2.05) is 6.07 Å². The van der Waals surface area contributed by atoms with Gasteiger partial charge in [-0.15, -0.1) is 0 Å². The number of aromatic nitrogens is 1. The van der Waals surface area contributed by atoms with E-state index >= 15 is 0 Å². The molecule has 0 spiro atoms. The number of nitrogen functional groups attached to an aromatic ring is 1. The number of carbonyl (C=O) groups is 2. The first-order valence-electron chi connectivity index (χ1n) is 5.84. The second-order valence-corrected chi connectivity index (χ2v) is 4.28. The van der Waals surface area contributed by atoms with Gasteiger partial charge in [-0.1, -0.05) is 18.2 Å². The summed E-state index contributed by atoms with van der Waals surface area (Å²) in [6.07, 6.45) is 1.69. The second kappa shape index (κ2) is 4.20. The molecule has 94 valence electrons. The zero-order valence-corrected chi connectivity index (χ0v) is 10.0. The Morgan fingerprint density at radius 2 is 1.89 bits per heavy atom. The van der Waals surface area contributed by atoms with E-state index < -0.39 is 0 Å². The summed E-state index contributed by atoms with van der Waals surface area (Å²) in [6, 6.07) is 10.3. The van der Waals surface area contributed by atoms with Crippen molar-refractivity contribution < 1.29 is 9.59 Å². The zero-order valence-electron chi connectivity index (χ0n) is 10.0. The normalized spacial score (nSPS) is 14.4. The summed E-state index contributed by atoms with van der Waals surface area (Å²) in [5.74, 6) is -0.488. The lowest BCUT2D eigenvalue weighted by atomic mass is 9.98. The van der Waals surface area contributed by atoms with Crippen LogP contribution >= 0.6 is 0 Å². The Bertz CT molecular complexity index is 682. The van der Waals surface area contributed by atoms with Crippen LogP contribution in [-0.2, 0) is 11.2 Å². The Morgan fingerprint density at radius 3 is 2.68 bits per heavy atom. The first-order valence-corrected chi connectivity index (χ1v) is 5.84. The largest absolute Gasteiger partial charge is 0.396 e. The maximum absolute atomic E-state index is 12.4. The molecule has 0 atom stereocenters. The number of amides is 2. The van der Waals surface area contributed by atoms with Gasteiger partial charge in [-0.3, -0.25) is 9.59 Å². The van der Waals surface area contributed by atoms with Crippen LogP contribution in [0.3, 0.4) is 0 Å². The minimum Gasteiger partial charge on any atom is -0.396 e. The minimum atomic E-state index is -0.378. The predicted molar refractivity (Wildman–Crippen MR) is 70.6 cm³/mol. The molecule has 2 heterocycles. The Morgan fingerprint density at radius 1 is 1.11 bits per heavy atom. The van der Waals surface area contributed by atoms with Gasteiger partial charge < -0.3 is 5.73 Å². The van der Waals surface area contributed by atoms with E-state index in [1.54, 1.807) is 30.3 Å². The third-order valence-electron chi connectivity index (χ3n) is 3.07. The van der Waals surface area contributed by atoms with Crippen LogP contribution in [-0.4, -0.2) is 16.8 Å². The molecule has 19 heavy (non-hydrogen) atoms. The third-order valence-corrected chi connectivity index (χ3v) is 3.07. The first kappa shape index (κ1) is 11.4. The van der Waals surface area contributed by atoms with Crippen molar-refractivity contribution in [1.29, 1.82) is 0 Å². The lowest BCUT2D eigenvalue weighted by Crippen LogP contribution is -2.43. The average Bonchev–Trinajstić information content (AvgIpc) is 2.41. The molecule has 0 aliphatic carbocycles. The molecule has 1 aromatic carbocycles. The fourth-order valence-corrected chi connectivity index (χ4v) is 2.17. The molecule has 0 unspecified atom stereocenters. The van der Waals surface area contributed by atoms with Gasteiger partial charge in [-0.05, 0) is 23.8 Å². The number of pyridine rings is 1. The van der Waals surface area contributed by atoms with Gasteiger partial charge in [0.05, 0.1) is 12.1 Å². The van der Waals surface area contributed by atoms with Crippen molar-refractivity contribution >= 4 is 23.3 Å². The van der Waals surface area contributed by atoms with Gasteiger partial charge in [0.1, 0.15) is 0 Å². The van der Waals surface area contributed by atoms with Crippen LogP contribution in [0.25, 0.3) is 0 Å². The van der Waals surface area contributed by atoms with Crippen LogP contribution in [0.4, 0.5) is 11.5 Å².